The molecule has 1 aliphatic rings. The number of benzene rings is 1. The molecule has 1 N–H and O–H groups in total. The number of nitrogens with one attached hydrogen (secondary N) is 1. The zero-order valence-electron chi connectivity index (χ0n) is 18.6. The lowest BCUT2D eigenvalue weighted by Crippen LogP contribution is -2.46. The Labute approximate surface area is 196 Å². The molecule has 0 saturated carbocycles. The van der Waals surface area contributed by atoms with Gasteiger partial charge in [0.15, 0.2) is 5.82 Å². The number of imidazole rings is 1. The molecule has 4 heterocycles. The molecule has 1 fully saturated rings. The molecule has 1 amide bonds. The fourth-order valence-corrected chi connectivity index (χ4v) is 4.13. The zero-order chi connectivity index (χ0) is 23.3. The largest absolute Gasteiger partial charge is 0.367 e. The van der Waals surface area contributed by atoms with Gasteiger partial charge in [-0.25, -0.2) is 19.3 Å². The second kappa shape index (κ2) is 9.96. The predicted octanol–water partition coefficient (Wildman–Crippen LogP) is 3.55. The number of likely N-dealkylation sites (tertiary alicyclic amines) is 1. The van der Waals surface area contributed by atoms with E-state index in [2.05, 4.69) is 20.3 Å². The molecule has 5 rings (SSSR count). The van der Waals surface area contributed by atoms with Crippen molar-refractivity contribution in [1.82, 2.24) is 24.3 Å². The molecule has 1 atom stereocenters. The normalized spacial score (nSPS) is 16.0. The Kier molecular flexibility index (Phi) is 6.44. The molecule has 0 unspecified atom stereocenters. The van der Waals surface area contributed by atoms with Gasteiger partial charge in [0.2, 0.25) is 5.91 Å². The smallest absolute Gasteiger partial charge is 0.248 e. The number of hydrogen-bond donors (Lipinski definition) is 1. The van der Waals surface area contributed by atoms with Gasteiger partial charge >= 0.3 is 0 Å². The molecule has 0 aliphatic carbocycles. The lowest BCUT2D eigenvalue weighted by Gasteiger charge is -2.33. The average Bonchev–Trinajstić information content (AvgIpc) is 3.28. The van der Waals surface area contributed by atoms with Crippen molar-refractivity contribution < 1.29 is 13.9 Å². The van der Waals surface area contributed by atoms with Crippen LogP contribution in [-0.4, -0.2) is 55.9 Å². The molecule has 1 saturated heterocycles. The summed E-state index contributed by atoms with van der Waals surface area (Å²) in [6.45, 7) is 1.77. The van der Waals surface area contributed by atoms with Crippen LogP contribution in [0.1, 0.15) is 18.4 Å². The minimum absolute atomic E-state index is 0.0152. The first-order valence-corrected chi connectivity index (χ1v) is 11.3. The van der Waals surface area contributed by atoms with Crippen molar-refractivity contribution in [2.75, 3.05) is 25.0 Å². The third kappa shape index (κ3) is 5.04. The highest BCUT2D eigenvalue weighted by molar-refractivity contribution is 5.77. The first kappa shape index (κ1) is 22.0. The van der Waals surface area contributed by atoms with Gasteiger partial charge < -0.3 is 15.0 Å². The summed E-state index contributed by atoms with van der Waals surface area (Å²) in [6.07, 6.45) is 6.48. The number of piperidine rings is 1. The third-order valence-electron chi connectivity index (χ3n) is 5.82. The minimum Gasteiger partial charge on any atom is -0.367 e. The van der Waals surface area contributed by atoms with Gasteiger partial charge in [0.25, 0.3) is 0 Å². The fourth-order valence-electron chi connectivity index (χ4n) is 4.13. The van der Waals surface area contributed by atoms with E-state index in [4.69, 9.17) is 4.74 Å². The topological polar surface area (TPSA) is 84.6 Å². The maximum atomic E-state index is 13.7. The van der Waals surface area contributed by atoms with Crippen LogP contribution in [0.3, 0.4) is 0 Å². The summed E-state index contributed by atoms with van der Waals surface area (Å²) in [6, 6.07) is 14.6. The monoisotopic (exact) mass is 460 g/mol. The number of carbonyl (C=O) groups excluding carboxylic acids is 1. The summed E-state index contributed by atoms with van der Waals surface area (Å²) >= 11 is 0. The summed E-state index contributed by atoms with van der Waals surface area (Å²) in [5.41, 5.74) is 2.27. The van der Waals surface area contributed by atoms with Gasteiger partial charge in [-0.05, 0) is 36.6 Å². The lowest BCUT2D eigenvalue weighted by atomic mass is 10.1. The van der Waals surface area contributed by atoms with Crippen LogP contribution < -0.4 is 5.32 Å². The number of aromatic nitrogens is 4. The highest BCUT2D eigenvalue weighted by Crippen LogP contribution is 2.20. The van der Waals surface area contributed by atoms with Crippen LogP contribution in [0.15, 0.2) is 67.1 Å². The van der Waals surface area contributed by atoms with E-state index in [1.165, 1.54) is 12.3 Å². The SMILES string of the molecule is O=C(COCc1ccccc1)N1CCC[C@@H](Nc2ccnc(-c3cnc4ccc(F)cn34)n2)C1. The quantitative estimate of drug-likeness (QED) is 0.454. The summed E-state index contributed by atoms with van der Waals surface area (Å²) < 4.78 is 21.0. The van der Waals surface area contributed by atoms with Crippen molar-refractivity contribution in [3.63, 3.8) is 0 Å². The van der Waals surface area contributed by atoms with Gasteiger partial charge in [-0.2, -0.15) is 0 Å². The number of rotatable bonds is 7. The Morgan fingerprint density at radius 1 is 1.15 bits per heavy atom. The van der Waals surface area contributed by atoms with Crippen molar-refractivity contribution in [3.8, 4) is 11.5 Å². The fraction of sp³-hybridized carbons (Fsp3) is 0.280. The van der Waals surface area contributed by atoms with E-state index in [1.807, 2.05) is 35.2 Å². The van der Waals surface area contributed by atoms with Gasteiger partial charge in [-0.3, -0.25) is 9.20 Å². The summed E-state index contributed by atoms with van der Waals surface area (Å²) in [5, 5.41) is 3.42. The van der Waals surface area contributed by atoms with Crippen molar-refractivity contribution in [2.45, 2.75) is 25.5 Å². The molecule has 4 aromatic rings. The number of amides is 1. The highest BCUT2D eigenvalue weighted by atomic mass is 19.1. The van der Waals surface area contributed by atoms with Gasteiger partial charge in [-0.15, -0.1) is 0 Å². The molecule has 3 aromatic heterocycles. The molecule has 34 heavy (non-hydrogen) atoms. The van der Waals surface area contributed by atoms with Gasteiger partial charge in [0.05, 0.1) is 12.8 Å². The number of hydrogen-bond acceptors (Lipinski definition) is 6. The van der Waals surface area contributed by atoms with Crippen LogP contribution in [0.4, 0.5) is 10.2 Å². The van der Waals surface area contributed by atoms with Gasteiger partial charge in [-0.1, -0.05) is 30.3 Å². The van der Waals surface area contributed by atoms with E-state index in [9.17, 15) is 9.18 Å². The molecular formula is C25H25FN6O2. The molecule has 8 nitrogen and oxygen atoms in total. The van der Waals surface area contributed by atoms with Crippen molar-refractivity contribution in [2.24, 2.45) is 0 Å². The number of carbonyl (C=O) groups is 1. The predicted molar refractivity (Wildman–Crippen MR) is 125 cm³/mol. The van der Waals surface area contributed by atoms with Crippen molar-refractivity contribution in [1.29, 1.82) is 0 Å². The molecule has 0 spiro atoms. The standard InChI is InChI=1S/C25H25FN6O2/c26-19-8-9-23-28-13-21(32(23)14-19)25-27-11-10-22(30-25)29-20-7-4-12-31(15-20)24(33)17-34-16-18-5-2-1-3-6-18/h1-3,5-6,8-11,13-14,20H,4,7,12,15-17H2,(H,27,29,30)/t20-/m1/s1. The first-order valence-electron chi connectivity index (χ1n) is 11.3. The molecule has 174 valence electrons. The Morgan fingerprint density at radius 3 is 2.91 bits per heavy atom. The number of anilines is 1. The third-order valence-corrected chi connectivity index (χ3v) is 5.82. The van der Waals surface area contributed by atoms with Crippen LogP contribution in [0.2, 0.25) is 0 Å². The van der Waals surface area contributed by atoms with Crippen LogP contribution in [0.5, 0.6) is 0 Å². The highest BCUT2D eigenvalue weighted by Gasteiger charge is 2.24. The van der Waals surface area contributed by atoms with E-state index in [1.54, 1.807) is 28.9 Å². The van der Waals surface area contributed by atoms with Crippen LogP contribution in [-0.2, 0) is 16.1 Å². The maximum absolute atomic E-state index is 13.7. The Morgan fingerprint density at radius 2 is 2.03 bits per heavy atom. The average molecular weight is 461 g/mol. The summed E-state index contributed by atoms with van der Waals surface area (Å²) in [7, 11) is 0. The minimum atomic E-state index is -0.360. The van der Waals surface area contributed by atoms with E-state index in [0.29, 0.717) is 42.7 Å². The van der Waals surface area contributed by atoms with Crippen molar-refractivity contribution in [3.05, 3.63) is 78.5 Å². The van der Waals surface area contributed by atoms with Crippen molar-refractivity contribution >= 4 is 17.4 Å². The second-order valence-electron chi connectivity index (χ2n) is 8.29. The molecular weight excluding hydrogens is 435 g/mol. The Hall–Kier alpha value is -3.85. The summed E-state index contributed by atoms with van der Waals surface area (Å²) in [4.78, 5) is 27.7. The number of nitrogens with zero attached hydrogens (tertiary/aromatic N) is 5. The Bertz CT molecular complexity index is 1280. The van der Waals surface area contributed by atoms with E-state index in [0.717, 1.165) is 18.4 Å². The van der Waals surface area contributed by atoms with E-state index >= 15 is 0 Å². The van der Waals surface area contributed by atoms with Crippen LogP contribution in [0, 0.1) is 5.82 Å². The van der Waals surface area contributed by atoms with E-state index in [-0.39, 0.29) is 24.4 Å². The Balaban J connectivity index is 1.20. The number of halogens is 1. The lowest BCUT2D eigenvalue weighted by molar-refractivity contribution is -0.137. The zero-order valence-corrected chi connectivity index (χ0v) is 18.6. The van der Waals surface area contributed by atoms with Crippen LogP contribution in [0.25, 0.3) is 17.2 Å². The molecule has 9 heteroatoms. The summed E-state index contributed by atoms with van der Waals surface area (Å²) in [5.74, 6) is 0.719. The second-order valence-corrected chi connectivity index (χ2v) is 8.29. The van der Waals surface area contributed by atoms with Gasteiger partial charge in [0.1, 0.15) is 29.6 Å². The molecule has 0 bridgehead atoms. The molecule has 1 aliphatic heterocycles. The van der Waals surface area contributed by atoms with Crippen LogP contribution >= 0.6 is 0 Å². The number of fused-ring (bicyclic) bond motifs is 1. The number of pyridine rings is 1. The number of ether oxygens (including phenoxy) is 1. The van der Waals surface area contributed by atoms with E-state index < -0.39 is 0 Å². The molecule has 1 aromatic carbocycles. The van der Waals surface area contributed by atoms with Gasteiger partial charge in [0, 0.05) is 31.5 Å². The maximum Gasteiger partial charge on any atom is 0.248 e. The molecule has 0 radical (unpaired) electrons. The first-order chi connectivity index (χ1) is 16.7.